The quantitative estimate of drug-likeness (QED) is 0.790. The fourth-order valence-corrected chi connectivity index (χ4v) is 3.88. The molecule has 1 fully saturated rings. The van der Waals surface area contributed by atoms with E-state index >= 15 is 0 Å². The number of urea groups is 1. The van der Waals surface area contributed by atoms with E-state index in [1.807, 2.05) is 51.7 Å². The summed E-state index contributed by atoms with van der Waals surface area (Å²) in [6.45, 7) is 18.1. The lowest BCUT2D eigenvalue weighted by Crippen LogP contribution is -2.49. The van der Waals surface area contributed by atoms with Crippen molar-refractivity contribution in [2.24, 2.45) is 0 Å². The first-order valence-corrected chi connectivity index (χ1v) is 10.6. The van der Waals surface area contributed by atoms with Gasteiger partial charge in [-0.05, 0) is 58.2 Å². The minimum absolute atomic E-state index is 0.0140. The van der Waals surface area contributed by atoms with Gasteiger partial charge in [0.15, 0.2) is 0 Å². The van der Waals surface area contributed by atoms with Gasteiger partial charge >= 0.3 is 6.03 Å². The van der Waals surface area contributed by atoms with Gasteiger partial charge in [-0.15, -0.1) is 0 Å². The second kappa shape index (κ2) is 9.04. The van der Waals surface area contributed by atoms with Crippen molar-refractivity contribution in [1.82, 2.24) is 20.3 Å². The van der Waals surface area contributed by atoms with Crippen molar-refractivity contribution in [2.75, 3.05) is 26.2 Å². The Morgan fingerprint density at radius 2 is 2.00 bits per heavy atom. The zero-order valence-corrected chi connectivity index (χ0v) is 18.9. The van der Waals surface area contributed by atoms with Crippen LogP contribution in [0.3, 0.4) is 0 Å². The van der Waals surface area contributed by atoms with E-state index in [1.54, 1.807) is 0 Å². The third-order valence-electron chi connectivity index (χ3n) is 5.94. The predicted octanol–water partition coefficient (Wildman–Crippen LogP) is 4.48. The van der Waals surface area contributed by atoms with Crippen molar-refractivity contribution in [1.29, 1.82) is 0 Å². The summed E-state index contributed by atoms with van der Waals surface area (Å²) >= 11 is 0. The van der Waals surface area contributed by atoms with Gasteiger partial charge in [0.1, 0.15) is 5.76 Å². The number of nitrogens with one attached hydrogen (secondary N) is 1. The number of aryl methyl sites for hydroxylation is 2. The number of rotatable bonds is 5. The maximum absolute atomic E-state index is 13.0. The molecule has 2 heterocycles. The van der Waals surface area contributed by atoms with Crippen LogP contribution < -0.4 is 5.32 Å². The lowest BCUT2D eigenvalue weighted by atomic mass is 9.92. The molecule has 0 aliphatic carbocycles. The van der Waals surface area contributed by atoms with Crippen molar-refractivity contribution in [3.8, 4) is 0 Å². The summed E-state index contributed by atoms with van der Waals surface area (Å²) in [5, 5.41) is 7.28. The molecule has 0 bridgehead atoms. The van der Waals surface area contributed by atoms with E-state index in [0.717, 1.165) is 66.3 Å². The molecule has 1 aliphatic heterocycles. The molecule has 0 radical (unpaired) electrons. The number of carbonyl (C=O) groups excluding carboxylic acids is 1. The van der Waals surface area contributed by atoms with Crippen molar-refractivity contribution in [2.45, 2.75) is 53.1 Å². The molecule has 30 heavy (non-hydrogen) atoms. The average molecular weight is 411 g/mol. The van der Waals surface area contributed by atoms with Gasteiger partial charge in [-0.3, -0.25) is 4.90 Å². The molecule has 2 amide bonds. The average Bonchev–Trinajstić information content (AvgIpc) is 2.89. The van der Waals surface area contributed by atoms with Crippen LogP contribution >= 0.6 is 0 Å². The van der Waals surface area contributed by atoms with Crippen LogP contribution in [0.2, 0.25) is 0 Å². The zero-order valence-electron chi connectivity index (χ0n) is 18.9. The third kappa shape index (κ3) is 5.11. The monoisotopic (exact) mass is 410 g/mol. The maximum atomic E-state index is 13.0. The van der Waals surface area contributed by atoms with E-state index in [0.29, 0.717) is 6.54 Å². The molecule has 1 aromatic carbocycles. The molecule has 6 nitrogen and oxygen atoms in total. The largest absolute Gasteiger partial charge is 0.361 e. The molecule has 0 spiro atoms. The van der Waals surface area contributed by atoms with Crippen LogP contribution in [0, 0.1) is 13.8 Å². The number of hydrogen-bond acceptors (Lipinski definition) is 4. The van der Waals surface area contributed by atoms with E-state index in [9.17, 15) is 4.79 Å². The highest BCUT2D eigenvalue weighted by Gasteiger charge is 2.27. The lowest BCUT2D eigenvalue weighted by molar-refractivity contribution is 0.186. The summed E-state index contributed by atoms with van der Waals surface area (Å²) in [7, 11) is 0. The fourth-order valence-electron chi connectivity index (χ4n) is 3.88. The summed E-state index contributed by atoms with van der Waals surface area (Å²) in [5.41, 5.74) is 4.83. The highest BCUT2D eigenvalue weighted by atomic mass is 16.5. The number of allylic oxidation sites excluding steroid dienone is 1. The van der Waals surface area contributed by atoms with Crippen molar-refractivity contribution >= 4 is 11.6 Å². The molecule has 0 saturated carbocycles. The van der Waals surface area contributed by atoms with E-state index < -0.39 is 5.54 Å². The first-order chi connectivity index (χ1) is 14.2. The SMILES string of the molecule is C=C(C)c1cccc(C(C)(C)NC(=O)N2CCCN(Cc3c(C)noc3C)CC2)c1. The fraction of sp³-hybridized carbons (Fsp3) is 0.500. The summed E-state index contributed by atoms with van der Waals surface area (Å²) in [5.74, 6) is 0.880. The van der Waals surface area contributed by atoms with E-state index in [2.05, 4.69) is 34.1 Å². The van der Waals surface area contributed by atoms with Gasteiger partial charge in [0, 0.05) is 38.3 Å². The van der Waals surface area contributed by atoms with Crippen LogP contribution in [0.4, 0.5) is 4.79 Å². The number of nitrogens with zero attached hydrogens (tertiary/aromatic N) is 3. The molecule has 3 rings (SSSR count). The Balaban J connectivity index is 1.62. The van der Waals surface area contributed by atoms with Crippen LogP contribution in [0.25, 0.3) is 5.57 Å². The highest BCUT2D eigenvalue weighted by Crippen LogP contribution is 2.24. The number of amides is 2. The van der Waals surface area contributed by atoms with Gasteiger partial charge in [-0.1, -0.05) is 35.5 Å². The van der Waals surface area contributed by atoms with Crippen LogP contribution in [-0.2, 0) is 12.1 Å². The van der Waals surface area contributed by atoms with Gasteiger partial charge in [-0.2, -0.15) is 0 Å². The molecule has 1 aliphatic rings. The molecular weight excluding hydrogens is 376 g/mol. The Kier molecular flexibility index (Phi) is 6.66. The molecular formula is C24H34N4O2. The molecule has 2 aromatic rings. The van der Waals surface area contributed by atoms with Crippen LogP contribution in [0.15, 0.2) is 35.4 Å². The van der Waals surface area contributed by atoms with Gasteiger partial charge in [0.25, 0.3) is 0 Å². The number of carbonyl (C=O) groups is 1. The molecule has 0 unspecified atom stereocenters. The van der Waals surface area contributed by atoms with Gasteiger partial charge in [0.2, 0.25) is 0 Å². The van der Waals surface area contributed by atoms with E-state index in [4.69, 9.17) is 4.52 Å². The van der Waals surface area contributed by atoms with Crippen molar-refractivity contribution in [3.05, 3.63) is 59.0 Å². The topological polar surface area (TPSA) is 61.6 Å². The third-order valence-corrected chi connectivity index (χ3v) is 5.94. The molecule has 1 N–H and O–H groups in total. The lowest BCUT2D eigenvalue weighted by Gasteiger charge is -2.31. The first kappa shape index (κ1) is 22.1. The highest BCUT2D eigenvalue weighted by molar-refractivity contribution is 5.75. The number of benzene rings is 1. The van der Waals surface area contributed by atoms with Crippen molar-refractivity contribution < 1.29 is 9.32 Å². The normalized spacial score (nSPS) is 15.7. The van der Waals surface area contributed by atoms with Gasteiger partial charge in [-0.25, -0.2) is 4.79 Å². The molecule has 0 atom stereocenters. The Labute approximate surface area is 179 Å². The second-order valence-electron chi connectivity index (χ2n) is 8.84. The standard InChI is InChI=1S/C24H34N4O2/c1-17(2)20-9-7-10-21(15-20)24(5,6)25-23(29)28-12-8-11-27(13-14-28)16-22-18(3)26-30-19(22)4/h7,9-10,15H,1,8,11-14,16H2,2-6H3,(H,25,29). The van der Waals surface area contributed by atoms with Crippen LogP contribution in [-0.4, -0.2) is 47.2 Å². The maximum Gasteiger partial charge on any atom is 0.318 e. The molecule has 1 saturated heterocycles. The van der Waals surface area contributed by atoms with Crippen LogP contribution in [0.1, 0.15) is 55.3 Å². The molecule has 6 heteroatoms. The van der Waals surface area contributed by atoms with Gasteiger partial charge < -0.3 is 14.7 Å². The number of hydrogen-bond donors (Lipinski definition) is 1. The molecule has 162 valence electrons. The molecule has 1 aromatic heterocycles. The number of aromatic nitrogens is 1. The summed E-state index contributed by atoms with van der Waals surface area (Å²) < 4.78 is 5.29. The summed E-state index contributed by atoms with van der Waals surface area (Å²) in [4.78, 5) is 17.3. The summed E-state index contributed by atoms with van der Waals surface area (Å²) in [6, 6.07) is 8.22. The minimum atomic E-state index is -0.467. The Hall–Kier alpha value is -2.60. The smallest absolute Gasteiger partial charge is 0.318 e. The zero-order chi connectivity index (χ0) is 21.9. The van der Waals surface area contributed by atoms with E-state index in [-0.39, 0.29) is 6.03 Å². The van der Waals surface area contributed by atoms with Crippen LogP contribution in [0.5, 0.6) is 0 Å². The van der Waals surface area contributed by atoms with E-state index in [1.165, 1.54) is 0 Å². The minimum Gasteiger partial charge on any atom is -0.361 e. The summed E-state index contributed by atoms with van der Waals surface area (Å²) in [6.07, 6.45) is 0.947. The Bertz CT molecular complexity index is 896. The second-order valence-corrected chi connectivity index (χ2v) is 8.84. The first-order valence-electron chi connectivity index (χ1n) is 10.6. The van der Waals surface area contributed by atoms with Crippen molar-refractivity contribution in [3.63, 3.8) is 0 Å². The van der Waals surface area contributed by atoms with Gasteiger partial charge in [0.05, 0.1) is 11.2 Å². The Morgan fingerprint density at radius 3 is 2.67 bits per heavy atom. The Morgan fingerprint density at radius 1 is 1.23 bits per heavy atom. The predicted molar refractivity (Wildman–Crippen MR) is 120 cm³/mol.